The first-order chi connectivity index (χ1) is 9.62. The van der Waals surface area contributed by atoms with Crippen molar-refractivity contribution >= 4 is 17.7 Å². The number of fused-ring (bicyclic) bond motifs is 1. The predicted octanol–water partition coefficient (Wildman–Crippen LogP) is 1.20. The Hall–Kier alpha value is -2.18. The van der Waals surface area contributed by atoms with E-state index in [9.17, 15) is 14.7 Å². The first kappa shape index (κ1) is 12.8. The summed E-state index contributed by atoms with van der Waals surface area (Å²) in [5.74, 6) is -0.706. The molecule has 7 heteroatoms. The van der Waals surface area contributed by atoms with Crippen molar-refractivity contribution in [3.63, 3.8) is 0 Å². The quantitative estimate of drug-likeness (QED) is 0.846. The van der Waals surface area contributed by atoms with Gasteiger partial charge in [-0.05, 0) is 24.8 Å². The molecule has 0 unspecified atom stereocenters. The summed E-state index contributed by atoms with van der Waals surface area (Å²) < 4.78 is 0. The number of anilines is 1. The van der Waals surface area contributed by atoms with Gasteiger partial charge in [0.1, 0.15) is 0 Å². The van der Waals surface area contributed by atoms with Crippen LogP contribution in [0.2, 0.25) is 0 Å². The molecule has 2 atom stereocenters. The summed E-state index contributed by atoms with van der Waals surface area (Å²) in [5, 5.41) is 19.5. The average molecular weight is 276 g/mol. The van der Waals surface area contributed by atoms with Gasteiger partial charge in [-0.25, -0.2) is 4.79 Å². The summed E-state index contributed by atoms with van der Waals surface area (Å²) in [6.07, 6.45) is 5.43. The number of carboxylic acid groups (broad SMARTS) is 1. The number of amides is 2. The highest BCUT2D eigenvalue weighted by Gasteiger charge is 2.55. The lowest BCUT2D eigenvalue weighted by Crippen LogP contribution is -2.38. The molecule has 1 saturated heterocycles. The monoisotopic (exact) mass is 276 g/mol. The maximum Gasteiger partial charge on any atom is 0.321 e. The Labute approximate surface area is 116 Å². The highest BCUT2D eigenvalue weighted by atomic mass is 16.4. The van der Waals surface area contributed by atoms with Gasteiger partial charge in [0.05, 0.1) is 23.5 Å². The van der Waals surface area contributed by atoms with Crippen LogP contribution in [0.1, 0.15) is 19.3 Å². The van der Waals surface area contributed by atoms with Crippen molar-refractivity contribution in [2.75, 3.05) is 18.4 Å². The van der Waals surface area contributed by atoms with E-state index in [1.165, 1.54) is 12.4 Å². The first-order valence-corrected chi connectivity index (χ1v) is 6.68. The van der Waals surface area contributed by atoms with Crippen molar-refractivity contribution in [3.05, 3.63) is 18.5 Å². The smallest absolute Gasteiger partial charge is 0.321 e. The molecule has 1 aromatic heterocycles. The minimum absolute atomic E-state index is 0.0707. The topological polar surface area (TPSA) is 95.4 Å². The molecule has 0 radical (unpaired) electrons. The molecule has 1 aromatic rings. The zero-order valence-electron chi connectivity index (χ0n) is 11.0. The number of aliphatic carboxylic acids is 1. The van der Waals surface area contributed by atoms with Gasteiger partial charge in [0.2, 0.25) is 0 Å². The molecule has 3 rings (SSSR count). The second-order valence-electron chi connectivity index (χ2n) is 5.49. The van der Waals surface area contributed by atoms with Crippen molar-refractivity contribution in [1.82, 2.24) is 15.1 Å². The van der Waals surface area contributed by atoms with Crippen molar-refractivity contribution < 1.29 is 14.7 Å². The number of nitrogens with one attached hydrogen (secondary N) is 1. The number of carbonyl (C=O) groups is 2. The third kappa shape index (κ3) is 1.99. The van der Waals surface area contributed by atoms with Gasteiger partial charge in [0.25, 0.3) is 0 Å². The van der Waals surface area contributed by atoms with Crippen LogP contribution in [0.5, 0.6) is 0 Å². The van der Waals surface area contributed by atoms with E-state index in [1.54, 1.807) is 11.0 Å². The molecule has 2 fully saturated rings. The number of carbonyl (C=O) groups excluding carboxylic acids is 1. The number of rotatable bonds is 2. The van der Waals surface area contributed by atoms with E-state index < -0.39 is 11.4 Å². The number of hydrogen-bond donors (Lipinski definition) is 2. The predicted molar refractivity (Wildman–Crippen MR) is 70.0 cm³/mol. The first-order valence-electron chi connectivity index (χ1n) is 6.68. The van der Waals surface area contributed by atoms with E-state index in [0.29, 0.717) is 18.7 Å². The number of carboxylic acids is 1. The van der Waals surface area contributed by atoms with Gasteiger partial charge in [-0.1, -0.05) is 6.42 Å². The second kappa shape index (κ2) is 4.73. The van der Waals surface area contributed by atoms with Crippen LogP contribution in [-0.4, -0.2) is 45.3 Å². The van der Waals surface area contributed by atoms with Crippen LogP contribution in [-0.2, 0) is 4.79 Å². The van der Waals surface area contributed by atoms with Crippen LogP contribution in [0.25, 0.3) is 0 Å². The van der Waals surface area contributed by atoms with Crippen LogP contribution in [0, 0.1) is 11.3 Å². The van der Waals surface area contributed by atoms with E-state index in [0.717, 1.165) is 12.8 Å². The van der Waals surface area contributed by atoms with Gasteiger partial charge in [0, 0.05) is 13.1 Å². The van der Waals surface area contributed by atoms with Crippen LogP contribution in [0.3, 0.4) is 0 Å². The fraction of sp³-hybridized carbons (Fsp3) is 0.538. The molecule has 106 valence electrons. The lowest BCUT2D eigenvalue weighted by Gasteiger charge is -2.23. The molecule has 2 amide bonds. The molecule has 2 heterocycles. The van der Waals surface area contributed by atoms with Crippen LogP contribution < -0.4 is 5.32 Å². The highest BCUT2D eigenvalue weighted by Crippen LogP contribution is 2.48. The Morgan fingerprint density at radius 2 is 2.30 bits per heavy atom. The SMILES string of the molecule is O=C(Nc1ccnnc1)N1C[C@@H]2CCC[C@@]2(C(=O)O)C1. The Kier molecular flexibility index (Phi) is 3.04. The van der Waals surface area contributed by atoms with Gasteiger partial charge < -0.3 is 15.3 Å². The zero-order valence-corrected chi connectivity index (χ0v) is 11.0. The number of hydrogen-bond acceptors (Lipinski definition) is 4. The van der Waals surface area contributed by atoms with Gasteiger partial charge in [-0.3, -0.25) is 4.79 Å². The van der Waals surface area contributed by atoms with E-state index in [2.05, 4.69) is 15.5 Å². The summed E-state index contributed by atoms with van der Waals surface area (Å²) in [6, 6.07) is 1.38. The third-order valence-electron chi connectivity index (χ3n) is 4.42. The Bertz CT molecular complexity index is 536. The van der Waals surface area contributed by atoms with Crippen molar-refractivity contribution in [3.8, 4) is 0 Å². The lowest BCUT2D eigenvalue weighted by molar-refractivity contribution is -0.149. The summed E-state index contributed by atoms with van der Waals surface area (Å²) in [6.45, 7) is 0.800. The van der Waals surface area contributed by atoms with Gasteiger partial charge >= 0.3 is 12.0 Å². The molecule has 1 aliphatic heterocycles. The standard InChI is InChI=1S/C13H16N4O3/c18-11(19)13-4-1-2-9(13)7-17(8-13)12(20)16-10-3-5-14-15-6-10/h3,5-6,9H,1-2,4,7-8H2,(H,18,19)(H,14,16,20)/t9-,13+/m0/s1. The van der Waals surface area contributed by atoms with Gasteiger partial charge in [0.15, 0.2) is 0 Å². The summed E-state index contributed by atoms with van der Waals surface area (Å²) in [7, 11) is 0. The maximum atomic E-state index is 12.2. The zero-order chi connectivity index (χ0) is 14.2. The molecule has 20 heavy (non-hydrogen) atoms. The number of urea groups is 1. The Balaban J connectivity index is 1.71. The van der Waals surface area contributed by atoms with E-state index in [-0.39, 0.29) is 18.5 Å². The fourth-order valence-electron chi connectivity index (χ4n) is 3.36. The fourth-order valence-corrected chi connectivity index (χ4v) is 3.36. The number of aromatic nitrogens is 2. The van der Waals surface area contributed by atoms with Crippen molar-refractivity contribution in [2.45, 2.75) is 19.3 Å². The van der Waals surface area contributed by atoms with Crippen molar-refractivity contribution in [1.29, 1.82) is 0 Å². The van der Waals surface area contributed by atoms with Gasteiger partial charge in [-0.15, -0.1) is 0 Å². The third-order valence-corrected chi connectivity index (χ3v) is 4.42. The normalized spacial score (nSPS) is 28.2. The minimum atomic E-state index is -0.777. The molecular weight excluding hydrogens is 260 g/mol. The summed E-state index contributed by atoms with van der Waals surface area (Å²) in [4.78, 5) is 25.3. The van der Waals surface area contributed by atoms with Crippen molar-refractivity contribution in [2.24, 2.45) is 11.3 Å². The van der Waals surface area contributed by atoms with Gasteiger partial charge in [-0.2, -0.15) is 10.2 Å². The van der Waals surface area contributed by atoms with E-state index in [4.69, 9.17) is 0 Å². The van der Waals surface area contributed by atoms with Crippen LogP contribution in [0.15, 0.2) is 18.5 Å². The largest absolute Gasteiger partial charge is 0.481 e. The van der Waals surface area contributed by atoms with E-state index >= 15 is 0 Å². The Morgan fingerprint density at radius 1 is 1.45 bits per heavy atom. The lowest BCUT2D eigenvalue weighted by atomic mass is 9.81. The molecular formula is C13H16N4O3. The van der Waals surface area contributed by atoms with Crippen LogP contribution in [0.4, 0.5) is 10.5 Å². The highest BCUT2D eigenvalue weighted by molar-refractivity contribution is 5.90. The second-order valence-corrected chi connectivity index (χ2v) is 5.49. The molecule has 1 saturated carbocycles. The Morgan fingerprint density at radius 3 is 2.95 bits per heavy atom. The minimum Gasteiger partial charge on any atom is -0.481 e. The average Bonchev–Trinajstić information content (AvgIpc) is 2.97. The molecule has 2 aliphatic rings. The molecule has 1 aliphatic carbocycles. The summed E-state index contributed by atoms with van der Waals surface area (Å²) in [5.41, 5.74) is -0.181. The molecule has 2 N–H and O–H groups in total. The molecule has 7 nitrogen and oxygen atoms in total. The molecule has 0 aromatic carbocycles. The number of likely N-dealkylation sites (tertiary alicyclic amines) is 1. The number of nitrogens with zero attached hydrogens (tertiary/aromatic N) is 3. The molecule has 0 bridgehead atoms. The van der Waals surface area contributed by atoms with Crippen LogP contribution >= 0.6 is 0 Å². The van der Waals surface area contributed by atoms with E-state index in [1.807, 2.05) is 0 Å². The molecule has 0 spiro atoms. The summed E-state index contributed by atoms with van der Waals surface area (Å²) >= 11 is 0. The maximum absolute atomic E-state index is 12.2.